The van der Waals surface area contributed by atoms with E-state index < -0.39 is 0 Å². The fourth-order valence-corrected chi connectivity index (χ4v) is 1.74. The van der Waals surface area contributed by atoms with Crippen molar-refractivity contribution in [3.8, 4) is 0 Å². The van der Waals surface area contributed by atoms with Crippen LogP contribution in [-0.2, 0) is 11.3 Å². The second-order valence-electron chi connectivity index (χ2n) is 4.71. The van der Waals surface area contributed by atoms with Crippen molar-refractivity contribution in [3.63, 3.8) is 0 Å². The lowest BCUT2D eigenvalue weighted by Gasteiger charge is -2.13. The van der Waals surface area contributed by atoms with E-state index in [-0.39, 0.29) is 11.9 Å². The van der Waals surface area contributed by atoms with Gasteiger partial charge in [0.15, 0.2) is 0 Å². The molecule has 0 aliphatic heterocycles. The second kappa shape index (κ2) is 5.87. The van der Waals surface area contributed by atoms with E-state index in [2.05, 4.69) is 10.6 Å². The van der Waals surface area contributed by atoms with Gasteiger partial charge >= 0.3 is 0 Å². The van der Waals surface area contributed by atoms with E-state index in [1.807, 2.05) is 19.1 Å². The lowest BCUT2D eigenvalue weighted by Crippen LogP contribution is -2.42. The molecule has 2 N–H and O–H groups in total. The highest BCUT2D eigenvalue weighted by Gasteiger charge is 2.21. The fraction of sp³-hybridized carbons (Fsp3) is 0.615. The number of nitrogens with one attached hydrogen (secondary N) is 2. The zero-order valence-electron chi connectivity index (χ0n) is 10.2. The van der Waals surface area contributed by atoms with Crippen LogP contribution in [-0.4, -0.2) is 18.5 Å². The van der Waals surface area contributed by atoms with Crippen molar-refractivity contribution >= 4 is 5.91 Å². The Balaban J connectivity index is 1.60. The van der Waals surface area contributed by atoms with E-state index in [1.54, 1.807) is 6.26 Å². The van der Waals surface area contributed by atoms with Crippen LogP contribution in [0.1, 0.15) is 31.9 Å². The average molecular weight is 236 g/mol. The third-order valence-corrected chi connectivity index (χ3v) is 3.11. The Bertz CT molecular complexity index is 344. The predicted molar refractivity (Wildman–Crippen MR) is 65.4 cm³/mol. The first-order valence-electron chi connectivity index (χ1n) is 6.29. The predicted octanol–water partition coefficient (Wildman–Crippen LogP) is 1.67. The second-order valence-corrected chi connectivity index (χ2v) is 4.71. The summed E-state index contributed by atoms with van der Waals surface area (Å²) in [5.41, 5.74) is 0. The van der Waals surface area contributed by atoms with E-state index in [0.717, 1.165) is 18.2 Å². The van der Waals surface area contributed by atoms with Gasteiger partial charge < -0.3 is 15.1 Å². The number of amides is 1. The van der Waals surface area contributed by atoms with Crippen molar-refractivity contribution in [2.24, 2.45) is 5.92 Å². The number of rotatable bonds is 7. The summed E-state index contributed by atoms with van der Waals surface area (Å²) in [6.07, 6.45) is 5.52. The molecule has 4 heteroatoms. The maximum Gasteiger partial charge on any atom is 0.237 e. The van der Waals surface area contributed by atoms with Crippen LogP contribution in [0.5, 0.6) is 0 Å². The Labute approximate surface area is 102 Å². The monoisotopic (exact) mass is 236 g/mol. The number of carbonyl (C=O) groups excluding carboxylic acids is 1. The molecule has 1 unspecified atom stereocenters. The van der Waals surface area contributed by atoms with Gasteiger partial charge in [0.2, 0.25) is 5.91 Å². The molecule has 0 radical (unpaired) electrons. The topological polar surface area (TPSA) is 54.3 Å². The third-order valence-electron chi connectivity index (χ3n) is 3.11. The van der Waals surface area contributed by atoms with Gasteiger partial charge in [-0.1, -0.05) is 12.8 Å². The number of carbonyl (C=O) groups is 1. The van der Waals surface area contributed by atoms with E-state index in [0.29, 0.717) is 6.54 Å². The highest BCUT2D eigenvalue weighted by Crippen LogP contribution is 2.31. The molecule has 1 heterocycles. The van der Waals surface area contributed by atoms with Crippen LogP contribution >= 0.6 is 0 Å². The summed E-state index contributed by atoms with van der Waals surface area (Å²) in [7, 11) is 0. The standard InChI is InChI=1S/C13H20N2O2/c1-10(14-7-6-11-4-5-11)13(16)15-9-12-3-2-8-17-12/h2-3,8,10-11,14H,4-7,9H2,1H3,(H,15,16). The quantitative estimate of drug-likeness (QED) is 0.757. The molecule has 1 saturated carbocycles. The van der Waals surface area contributed by atoms with Gasteiger partial charge in [0.1, 0.15) is 5.76 Å². The summed E-state index contributed by atoms with van der Waals surface area (Å²) in [4.78, 5) is 11.7. The van der Waals surface area contributed by atoms with Gasteiger partial charge in [-0.3, -0.25) is 4.79 Å². The number of furan rings is 1. The summed E-state index contributed by atoms with van der Waals surface area (Å²) in [6.45, 7) is 3.28. The normalized spacial score (nSPS) is 16.8. The van der Waals surface area contributed by atoms with Crippen molar-refractivity contribution < 1.29 is 9.21 Å². The summed E-state index contributed by atoms with van der Waals surface area (Å²) in [6, 6.07) is 3.54. The van der Waals surface area contributed by atoms with Crippen LogP contribution in [0.25, 0.3) is 0 Å². The highest BCUT2D eigenvalue weighted by molar-refractivity contribution is 5.81. The minimum absolute atomic E-state index is 0.0252. The third kappa shape index (κ3) is 4.23. The van der Waals surface area contributed by atoms with Gasteiger partial charge in [-0.15, -0.1) is 0 Å². The average Bonchev–Trinajstić information content (AvgIpc) is 3.00. The minimum Gasteiger partial charge on any atom is -0.467 e. The van der Waals surface area contributed by atoms with Gasteiger partial charge in [-0.25, -0.2) is 0 Å². The zero-order chi connectivity index (χ0) is 12.1. The Morgan fingerprint density at radius 3 is 3.06 bits per heavy atom. The molecular formula is C13H20N2O2. The Hall–Kier alpha value is -1.29. The first-order chi connectivity index (χ1) is 8.25. The van der Waals surface area contributed by atoms with Crippen molar-refractivity contribution in [1.29, 1.82) is 0 Å². The van der Waals surface area contributed by atoms with Gasteiger partial charge in [0.25, 0.3) is 0 Å². The minimum atomic E-state index is -0.135. The molecule has 1 aromatic heterocycles. The first kappa shape index (κ1) is 12.2. The molecule has 0 saturated heterocycles. The number of hydrogen-bond donors (Lipinski definition) is 2. The molecule has 17 heavy (non-hydrogen) atoms. The van der Waals surface area contributed by atoms with Gasteiger partial charge in [0, 0.05) is 0 Å². The molecule has 4 nitrogen and oxygen atoms in total. The first-order valence-corrected chi connectivity index (χ1v) is 6.29. The Morgan fingerprint density at radius 2 is 2.41 bits per heavy atom. The summed E-state index contributed by atoms with van der Waals surface area (Å²) >= 11 is 0. The number of hydrogen-bond acceptors (Lipinski definition) is 3. The maximum atomic E-state index is 11.7. The highest BCUT2D eigenvalue weighted by atomic mass is 16.3. The molecule has 1 aliphatic rings. The summed E-state index contributed by atoms with van der Waals surface area (Å²) in [5.74, 6) is 1.71. The van der Waals surface area contributed by atoms with Crippen LogP contribution in [0.15, 0.2) is 22.8 Å². The zero-order valence-corrected chi connectivity index (χ0v) is 10.2. The molecule has 1 amide bonds. The van der Waals surface area contributed by atoms with Crippen LogP contribution in [0, 0.1) is 5.92 Å². The largest absolute Gasteiger partial charge is 0.467 e. The summed E-state index contributed by atoms with van der Waals surface area (Å²) in [5, 5.41) is 6.08. The van der Waals surface area contributed by atoms with E-state index >= 15 is 0 Å². The van der Waals surface area contributed by atoms with E-state index in [1.165, 1.54) is 19.3 Å². The van der Waals surface area contributed by atoms with Crippen molar-refractivity contribution in [2.75, 3.05) is 6.54 Å². The molecule has 0 aromatic carbocycles. The molecule has 94 valence electrons. The maximum absolute atomic E-state index is 11.7. The van der Waals surface area contributed by atoms with Crippen molar-refractivity contribution in [2.45, 2.75) is 38.8 Å². The molecule has 0 spiro atoms. The Morgan fingerprint density at radius 1 is 1.59 bits per heavy atom. The molecule has 0 bridgehead atoms. The van der Waals surface area contributed by atoms with Crippen LogP contribution in [0.4, 0.5) is 0 Å². The van der Waals surface area contributed by atoms with Crippen molar-refractivity contribution in [1.82, 2.24) is 10.6 Å². The lowest BCUT2D eigenvalue weighted by molar-refractivity contribution is -0.123. The summed E-state index contributed by atoms with van der Waals surface area (Å²) < 4.78 is 5.15. The van der Waals surface area contributed by atoms with Crippen LogP contribution in [0.3, 0.4) is 0 Å². The van der Waals surface area contributed by atoms with E-state index in [4.69, 9.17) is 4.42 Å². The van der Waals surface area contributed by atoms with Crippen LogP contribution < -0.4 is 10.6 Å². The fourth-order valence-electron chi connectivity index (χ4n) is 1.74. The van der Waals surface area contributed by atoms with Gasteiger partial charge in [-0.05, 0) is 37.9 Å². The van der Waals surface area contributed by atoms with Gasteiger partial charge in [0.05, 0.1) is 18.8 Å². The van der Waals surface area contributed by atoms with E-state index in [9.17, 15) is 4.79 Å². The molecule has 2 rings (SSSR count). The Kier molecular flexibility index (Phi) is 4.20. The molecule has 1 fully saturated rings. The molecule has 1 atom stereocenters. The van der Waals surface area contributed by atoms with Crippen molar-refractivity contribution in [3.05, 3.63) is 24.2 Å². The smallest absolute Gasteiger partial charge is 0.237 e. The molecule has 1 aliphatic carbocycles. The SMILES string of the molecule is CC(NCCC1CC1)C(=O)NCc1ccco1. The molecular weight excluding hydrogens is 216 g/mol. The molecule has 1 aromatic rings. The lowest BCUT2D eigenvalue weighted by atomic mass is 10.2. The van der Waals surface area contributed by atoms with Crippen LogP contribution in [0.2, 0.25) is 0 Å². The van der Waals surface area contributed by atoms with Gasteiger partial charge in [-0.2, -0.15) is 0 Å².